The Hall–Kier alpha value is -2.36. The molecular formula is C15H16N2O2. The molecule has 4 nitrogen and oxygen atoms in total. The minimum absolute atomic E-state index is 0.152. The molecule has 4 heteroatoms. The molecule has 0 aliphatic heterocycles. The van der Waals surface area contributed by atoms with Crippen molar-refractivity contribution in [3.05, 3.63) is 69.3 Å². The van der Waals surface area contributed by atoms with Crippen LogP contribution in [0.5, 0.6) is 0 Å². The maximum atomic E-state index is 10.9. The van der Waals surface area contributed by atoms with Gasteiger partial charge in [-0.25, -0.2) is 0 Å². The number of hydrogen-bond acceptors (Lipinski definition) is 3. The number of nitro benzene ring substituents is 1. The lowest BCUT2D eigenvalue weighted by Gasteiger charge is -2.09. The van der Waals surface area contributed by atoms with Crippen LogP contribution in [0.4, 0.5) is 11.4 Å². The van der Waals surface area contributed by atoms with Crippen LogP contribution in [-0.2, 0) is 6.54 Å². The summed E-state index contributed by atoms with van der Waals surface area (Å²) in [5.41, 5.74) is 4.16. The molecule has 0 aliphatic carbocycles. The molecular weight excluding hydrogens is 240 g/mol. The molecule has 0 unspecified atom stereocenters. The van der Waals surface area contributed by atoms with Gasteiger partial charge in [-0.05, 0) is 37.1 Å². The zero-order valence-electron chi connectivity index (χ0n) is 11.0. The first kappa shape index (κ1) is 13.1. The fourth-order valence-corrected chi connectivity index (χ4v) is 2.11. The summed E-state index contributed by atoms with van der Waals surface area (Å²) in [6.07, 6.45) is 0. The van der Waals surface area contributed by atoms with Gasteiger partial charge in [0.25, 0.3) is 5.69 Å². The highest BCUT2D eigenvalue weighted by Crippen LogP contribution is 2.20. The molecule has 0 aliphatic rings. The van der Waals surface area contributed by atoms with E-state index >= 15 is 0 Å². The number of para-hydroxylation sites is 1. The number of nitrogens with one attached hydrogen (secondary N) is 1. The summed E-state index contributed by atoms with van der Waals surface area (Å²) in [7, 11) is 0. The summed E-state index contributed by atoms with van der Waals surface area (Å²) < 4.78 is 0. The first-order valence-corrected chi connectivity index (χ1v) is 6.11. The zero-order chi connectivity index (χ0) is 13.8. The van der Waals surface area contributed by atoms with Crippen LogP contribution in [0.25, 0.3) is 0 Å². The Morgan fingerprint density at radius 2 is 1.74 bits per heavy atom. The van der Waals surface area contributed by atoms with Crippen molar-refractivity contribution in [1.82, 2.24) is 0 Å². The van der Waals surface area contributed by atoms with Crippen molar-refractivity contribution in [3.8, 4) is 0 Å². The third-order valence-electron chi connectivity index (χ3n) is 2.89. The molecule has 0 atom stereocenters. The quantitative estimate of drug-likeness (QED) is 0.668. The van der Waals surface area contributed by atoms with E-state index in [1.807, 2.05) is 32.0 Å². The summed E-state index contributed by atoms with van der Waals surface area (Å²) in [4.78, 5) is 10.6. The lowest BCUT2D eigenvalue weighted by atomic mass is 10.1. The molecule has 0 fully saturated rings. The Morgan fingerprint density at radius 3 is 2.37 bits per heavy atom. The molecule has 19 heavy (non-hydrogen) atoms. The first-order valence-electron chi connectivity index (χ1n) is 6.11. The molecule has 1 N–H and O–H groups in total. The number of nitrogens with zero attached hydrogens (tertiary/aromatic N) is 1. The largest absolute Gasteiger partial charge is 0.381 e. The normalized spacial score (nSPS) is 10.2. The van der Waals surface area contributed by atoms with Crippen molar-refractivity contribution >= 4 is 11.4 Å². The van der Waals surface area contributed by atoms with Crippen LogP contribution in [0.1, 0.15) is 16.7 Å². The van der Waals surface area contributed by atoms with Gasteiger partial charge in [-0.2, -0.15) is 0 Å². The van der Waals surface area contributed by atoms with Gasteiger partial charge in [-0.15, -0.1) is 0 Å². The highest BCUT2D eigenvalue weighted by Gasteiger charge is 2.11. The van der Waals surface area contributed by atoms with Crippen molar-refractivity contribution in [2.24, 2.45) is 0 Å². The summed E-state index contributed by atoms with van der Waals surface area (Å²) in [5.74, 6) is 0. The molecule has 0 saturated heterocycles. The number of nitro groups is 1. The van der Waals surface area contributed by atoms with E-state index in [0.29, 0.717) is 12.1 Å². The smallest absolute Gasteiger partial charge is 0.274 e. The van der Waals surface area contributed by atoms with Gasteiger partial charge < -0.3 is 5.32 Å². The minimum Gasteiger partial charge on any atom is -0.381 e. The van der Waals surface area contributed by atoms with Crippen LogP contribution in [0.15, 0.2) is 42.5 Å². The van der Waals surface area contributed by atoms with E-state index in [0.717, 1.165) is 5.69 Å². The molecule has 2 rings (SSSR count). The average molecular weight is 256 g/mol. The lowest BCUT2D eigenvalue weighted by Crippen LogP contribution is -2.03. The molecule has 0 spiro atoms. The highest BCUT2D eigenvalue weighted by molar-refractivity contribution is 5.50. The standard InChI is InChI=1S/C15H16N2O2/c1-11-7-12(2)9-14(8-11)16-10-13-5-3-4-6-15(13)17(18)19/h3-9,16H,10H2,1-2H3. The molecule has 0 bridgehead atoms. The molecule has 0 amide bonds. The number of aryl methyl sites for hydroxylation is 2. The van der Waals surface area contributed by atoms with Crippen molar-refractivity contribution in [2.45, 2.75) is 20.4 Å². The van der Waals surface area contributed by atoms with Crippen LogP contribution in [0.2, 0.25) is 0 Å². The summed E-state index contributed by atoms with van der Waals surface area (Å²) in [5, 5.41) is 14.2. The van der Waals surface area contributed by atoms with Crippen LogP contribution >= 0.6 is 0 Å². The van der Waals surface area contributed by atoms with E-state index in [1.54, 1.807) is 12.1 Å². The van der Waals surface area contributed by atoms with E-state index < -0.39 is 0 Å². The van der Waals surface area contributed by atoms with Crippen molar-refractivity contribution in [3.63, 3.8) is 0 Å². The Kier molecular flexibility index (Phi) is 3.80. The summed E-state index contributed by atoms with van der Waals surface area (Å²) in [6, 6.07) is 12.9. The van der Waals surface area contributed by atoms with Gasteiger partial charge in [0.15, 0.2) is 0 Å². The van der Waals surface area contributed by atoms with Crippen molar-refractivity contribution in [2.75, 3.05) is 5.32 Å². The van der Waals surface area contributed by atoms with E-state index in [-0.39, 0.29) is 10.6 Å². The zero-order valence-corrected chi connectivity index (χ0v) is 11.0. The number of rotatable bonds is 4. The van der Waals surface area contributed by atoms with Crippen LogP contribution < -0.4 is 5.32 Å². The fraction of sp³-hybridized carbons (Fsp3) is 0.200. The van der Waals surface area contributed by atoms with Gasteiger partial charge >= 0.3 is 0 Å². The second kappa shape index (κ2) is 5.52. The van der Waals surface area contributed by atoms with Crippen LogP contribution in [0, 0.1) is 24.0 Å². The Balaban J connectivity index is 2.16. The van der Waals surface area contributed by atoms with E-state index in [4.69, 9.17) is 0 Å². The van der Waals surface area contributed by atoms with Crippen molar-refractivity contribution < 1.29 is 4.92 Å². The van der Waals surface area contributed by atoms with Gasteiger partial charge in [-0.1, -0.05) is 24.3 Å². The Morgan fingerprint density at radius 1 is 1.11 bits per heavy atom. The molecule has 2 aromatic carbocycles. The topological polar surface area (TPSA) is 55.2 Å². The second-order valence-electron chi connectivity index (χ2n) is 4.62. The maximum absolute atomic E-state index is 10.9. The van der Waals surface area contributed by atoms with Gasteiger partial charge in [-0.3, -0.25) is 10.1 Å². The monoisotopic (exact) mass is 256 g/mol. The minimum atomic E-state index is -0.349. The predicted molar refractivity (Wildman–Crippen MR) is 76.3 cm³/mol. The summed E-state index contributed by atoms with van der Waals surface area (Å²) in [6.45, 7) is 4.51. The van der Waals surface area contributed by atoms with Crippen LogP contribution in [-0.4, -0.2) is 4.92 Å². The maximum Gasteiger partial charge on any atom is 0.274 e. The SMILES string of the molecule is Cc1cc(C)cc(NCc2ccccc2[N+](=O)[O-])c1. The number of anilines is 1. The third kappa shape index (κ3) is 3.31. The van der Waals surface area contributed by atoms with Gasteiger partial charge in [0.2, 0.25) is 0 Å². The Labute approximate surface area is 112 Å². The van der Waals surface area contributed by atoms with Gasteiger partial charge in [0, 0.05) is 23.9 Å². The fourth-order valence-electron chi connectivity index (χ4n) is 2.11. The molecule has 2 aromatic rings. The predicted octanol–water partition coefficient (Wildman–Crippen LogP) is 3.82. The average Bonchev–Trinajstić information content (AvgIpc) is 2.35. The molecule has 0 aromatic heterocycles. The van der Waals surface area contributed by atoms with Gasteiger partial charge in [0.05, 0.1) is 4.92 Å². The summed E-state index contributed by atoms with van der Waals surface area (Å²) >= 11 is 0. The van der Waals surface area contributed by atoms with Gasteiger partial charge in [0.1, 0.15) is 0 Å². The van der Waals surface area contributed by atoms with Crippen LogP contribution in [0.3, 0.4) is 0 Å². The molecule has 0 heterocycles. The molecule has 98 valence electrons. The van der Waals surface area contributed by atoms with E-state index in [1.165, 1.54) is 17.2 Å². The Bertz CT molecular complexity index is 589. The first-order chi connectivity index (χ1) is 9.06. The lowest BCUT2D eigenvalue weighted by molar-refractivity contribution is -0.385. The number of hydrogen-bond donors (Lipinski definition) is 1. The van der Waals surface area contributed by atoms with Crippen molar-refractivity contribution in [1.29, 1.82) is 0 Å². The van der Waals surface area contributed by atoms with E-state index in [2.05, 4.69) is 11.4 Å². The molecule has 0 radical (unpaired) electrons. The third-order valence-corrected chi connectivity index (χ3v) is 2.89. The molecule has 0 saturated carbocycles. The highest BCUT2D eigenvalue weighted by atomic mass is 16.6. The number of benzene rings is 2. The second-order valence-corrected chi connectivity index (χ2v) is 4.62. The van der Waals surface area contributed by atoms with E-state index in [9.17, 15) is 10.1 Å².